The third kappa shape index (κ3) is 1.90. The number of hydrogen-bond donors (Lipinski definition) is 1. The highest BCUT2D eigenvalue weighted by atomic mass is 16.2. The van der Waals surface area contributed by atoms with E-state index in [1.54, 1.807) is 4.90 Å². The maximum absolute atomic E-state index is 11.8. The fraction of sp³-hybridized carbons (Fsp3) is 0.385. The molecule has 0 radical (unpaired) electrons. The van der Waals surface area contributed by atoms with Gasteiger partial charge >= 0.3 is 6.03 Å². The van der Waals surface area contributed by atoms with E-state index >= 15 is 0 Å². The minimum atomic E-state index is -0.191. The first-order valence-electron chi connectivity index (χ1n) is 5.95. The van der Waals surface area contributed by atoms with Crippen LogP contribution >= 0.6 is 0 Å². The monoisotopic (exact) mass is 229 g/mol. The number of urea groups is 1. The zero-order valence-corrected chi connectivity index (χ0v) is 9.54. The summed E-state index contributed by atoms with van der Waals surface area (Å²) in [6, 6.07) is 9.50. The summed E-state index contributed by atoms with van der Waals surface area (Å²) >= 11 is 0. The zero-order valence-electron chi connectivity index (χ0n) is 9.54. The number of benzene rings is 1. The first kappa shape index (κ1) is 10.3. The highest BCUT2D eigenvalue weighted by Gasteiger charge is 2.37. The molecule has 4 nitrogen and oxygen atoms in total. The number of aliphatic imine (C=N–C) groups is 1. The fourth-order valence-electron chi connectivity index (χ4n) is 2.25. The number of nitrogens with two attached hydrogens (primary N) is 1. The van der Waals surface area contributed by atoms with Gasteiger partial charge in [-0.1, -0.05) is 30.3 Å². The van der Waals surface area contributed by atoms with Crippen LogP contribution in [0.25, 0.3) is 0 Å². The molecule has 1 aliphatic heterocycles. The Labute approximate surface area is 100 Å². The van der Waals surface area contributed by atoms with E-state index in [0.717, 1.165) is 12.1 Å². The van der Waals surface area contributed by atoms with Crippen LogP contribution in [0.4, 0.5) is 4.79 Å². The summed E-state index contributed by atoms with van der Waals surface area (Å²) in [5, 5.41) is 0. The molecule has 1 unspecified atom stereocenters. The van der Waals surface area contributed by atoms with Crippen molar-refractivity contribution in [1.82, 2.24) is 4.90 Å². The molecule has 2 aliphatic rings. The first-order chi connectivity index (χ1) is 8.25. The average Bonchev–Trinajstić information content (AvgIpc) is 3.08. The molecule has 0 bridgehead atoms. The molecule has 1 heterocycles. The van der Waals surface area contributed by atoms with Crippen LogP contribution in [0.3, 0.4) is 0 Å². The van der Waals surface area contributed by atoms with E-state index in [0.29, 0.717) is 11.8 Å². The van der Waals surface area contributed by atoms with Gasteiger partial charge in [-0.25, -0.2) is 4.79 Å². The molecule has 88 valence electrons. The molecule has 1 aromatic rings. The van der Waals surface area contributed by atoms with Crippen molar-refractivity contribution < 1.29 is 4.79 Å². The molecule has 2 N–H and O–H groups in total. The number of amides is 2. The van der Waals surface area contributed by atoms with E-state index in [2.05, 4.69) is 4.99 Å². The third-order valence-electron chi connectivity index (χ3n) is 3.33. The van der Waals surface area contributed by atoms with Crippen molar-refractivity contribution in [1.29, 1.82) is 0 Å². The number of hydrogen-bond acceptors (Lipinski definition) is 2. The Kier molecular flexibility index (Phi) is 2.35. The molecule has 1 fully saturated rings. The van der Waals surface area contributed by atoms with E-state index in [1.165, 1.54) is 12.8 Å². The van der Waals surface area contributed by atoms with Crippen LogP contribution in [0.2, 0.25) is 0 Å². The van der Waals surface area contributed by atoms with Gasteiger partial charge in [-0.15, -0.1) is 0 Å². The summed E-state index contributed by atoms with van der Waals surface area (Å²) in [4.78, 5) is 17.5. The van der Waals surface area contributed by atoms with E-state index in [4.69, 9.17) is 5.73 Å². The second kappa shape index (κ2) is 3.87. The van der Waals surface area contributed by atoms with Crippen molar-refractivity contribution in [3.8, 4) is 0 Å². The second-order valence-corrected chi connectivity index (χ2v) is 4.73. The van der Waals surface area contributed by atoms with Gasteiger partial charge in [0.2, 0.25) is 0 Å². The first-order valence-corrected chi connectivity index (χ1v) is 5.95. The van der Waals surface area contributed by atoms with Crippen LogP contribution in [0.15, 0.2) is 35.3 Å². The molecule has 1 saturated carbocycles. The van der Waals surface area contributed by atoms with Gasteiger partial charge in [0.25, 0.3) is 0 Å². The van der Waals surface area contributed by atoms with Crippen molar-refractivity contribution in [2.75, 3.05) is 6.54 Å². The summed E-state index contributed by atoms with van der Waals surface area (Å²) in [5.41, 5.74) is 6.92. The Morgan fingerprint density at radius 3 is 2.65 bits per heavy atom. The van der Waals surface area contributed by atoms with E-state index in [1.807, 2.05) is 30.3 Å². The minimum Gasteiger partial charge on any atom is -0.385 e. The van der Waals surface area contributed by atoms with Crippen LogP contribution in [0.5, 0.6) is 0 Å². The lowest BCUT2D eigenvalue weighted by molar-refractivity contribution is 0.204. The third-order valence-corrected chi connectivity index (χ3v) is 3.33. The number of rotatable bonds is 3. The Balaban J connectivity index is 1.89. The molecule has 1 aromatic carbocycles. The van der Waals surface area contributed by atoms with Gasteiger partial charge in [0.1, 0.15) is 11.9 Å². The van der Waals surface area contributed by atoms with Crippen molar-refractivity contribution in [3.05, 3.63) is 35.9 Å². The van der Waals surface area contributed by atoms with E-state index in [9.17, 15) is 4.79 Å². The largest absolute Gasteiger partial charge is 0.385 e. The summed E-state index contributed by atoms with van der Waals surface area (Å²) in [7, 11) is 0. The average molecular weight is 229 g/mol. The summed E-state index contributed by atoms with van der Waals surface area (Å²) < 4.78 is 0. The Bertz CT molecular complexity index is 465. The lowest BCUT2D eigenvalue weighted by Crippen LogP contribution is -2.34. The fourth-order valence-corrected chi connectivity index (χ4v) is 2.25. The Morgan fingerprint density at radius 1 is 1.29 bits per heavy atom. The van der Waals surface area contributed by atoms with Crippen molar-refractivity contribution in [3.63, 3.8) is 0 Å². The van der Waals surface area contributed by atoms with Crippen LogP contribution < -0.4 is 5.73 Å². The molecule has 4 heteroatoms. The van der Waals surface area contributed by atoms with Gasteiger partial charge in [0.05, 0.1) is 0 Å². The number of carbonyl (C=O) groups excluding carboxylic acids is 1. The standard InChI is InChI=1S/C13H15N3O/c14-12-11(10-4-2-1-3-5-10)16(13(17)15-12)8-9-6-7-9/h1-5,9,11H,6-8H2,(H2,14,15,17). The molecule has 0 spiro atoms. The summed E-state index contributed by atoms with van der Waals surface area (Å²) in [6.07, 6.45) is 2.43. The normalized spacial score (nSPS) is 24.0. The van der Waals surface area contributed by atoms with Gasteiger partial charge < -0.3 is 10.6 Å². The molecule has 17 heavy (non-hydrogen) atoms. The molecular formula is C13H15N3O. The Morgan fingerprint density at radius 2 is 2.00 bits per heavy atom. The highest BCUT2D eigenvalue weighted by Crippen LogP contribution is 2.35. The molecule has 1 atom stereocenters. The topological polar surface area (TPSA) is 58.7 Å². The Hall–Kier alpha value is -1.84. The van der Waals surface area contributed by atoms with Crippen LogP contribution in [-0.4, -0.2) is 23.3 Å². The van der Waals surface area contributed by atoms with Gasteiger partial charge in [-0.2, -0.15) is 4.99 Å². The molecule has 3 rings (SSSR count). The van der Waals surface area contributed by atoms with Gasteiger partial charge in [-0.05, 0) is 24.3 Å². The lowest BCUT2D eigenvalue weighted by atomic mass is 10.1. The van der Waals surface area contributed by atoms with Crippen molar-refractivity contribution >= 4 is 11.9 Å². The number of amidine groups is 1. The second-order valence-electron chi connectivity index (χ2n) is 4.73. The summed E-state index contributed by atoms with van der Waals surface area (Å²) in [6.45, 7) is 0.780. The quantitative estimate of drug-likeness (QED) is 0.861. The maximum Gasteiger partial charge on any atom is 0.346 e. The predicted octanol–water partition coefficient (Wildman–Crippen LogP) is 1.93. The molecule has 0 saturated heterocycles. The SMILES string of the molecule is NC1=NC(=O)N(CC2CC2)C1c1ccccc1. The maximum atomic E-state index is 11.8. The van der Waals surface area contributed by atoms with Gasteiger partial charge in [-0.3, -0.25) is 0 Å². The molecule has 1 aliphatic carbocycles. The number of carbonyl (C=O) groups is 1. The van der Waals surface area contributed by atoms with Crippen LogP contribution in [0, 0.1) is 5.92 Å². The molecular weight excluding hydrogens is 214 g/mol. The predicted molar refractivity (Wildman–Crippen MR) is 65.6 cm³/mol. The van der Waals surface area contributed by atoms with Crippen LogP contribution in [0.1, 0.15) is 24.4 Å². The molecule has 2 amide bonds. The summed E-state index contributed by atoms with van der Waals surface area (Å²) in [5.74, 6) is 1.06. The van der Waals surface area contributed by atoms with Crippen LogP contribution in [-0.2, 0) is 0 Å². The minimum absolute atomic E-state index is 0.163. The lowest BCUT2D eigenvalue weighted by Gasteiger charge is -2.24. The van der Waals surface area contributed by atoms with Crippen molar-refractivity contribution in [2.45, 2.75) is 18.9 Å². The highest BCUT2D eigenvalue weighted by molar-refractivity contribution is 6.03. The van der Waals surface area contributed by atoms with Crippen molar-refractivity contribution in [2.24, 2.45) is 16.6 Å². The van der Waals surface area contributed by atoms with Gasteiger partial charge in [0.15, 0.2) is 0 Å². The number of nitrogens with zero attached hydrogens (tertiary/aromatic N) is 2. The molecule has 0 aromatic heterocycles. The van der Waals surface area contributed by atoms with E-state index in [-0.39, 0.29) is 12.1 Å². The van der Waals surface area contributed by atoms with Gasteiger partial charge in [0, 0.05) is 6.54 Å². The van der Waals surface area contributed by atoms with E-state index < -0.39 is 0 Å². The zero-order chi connectivity index (χ0) is 11.8. The smallest absolute Gasteiger partial charge is 0.346 e.